The first-order valence-corrected chi connectivity index (χ1v) is 9.17. The Morgan fingerprint density at radius 3 is 2.39 bits per heavy atom. The Morgan fingerprint density at radius 2 is 1.68 bits per heavy atom. The van der Waals surface area contributed by atoms with E-state index in [0.29, 0.717) is 17.3 Å². The molecule has 6 heteroatoms. The minimum absolute atomic E-state index is 0.236. The van der Waals surface area contributed by atoms with Crippen LogP contribution in [0.5, 0.6) is 0 Å². The van der Waals surface area contributed by atoms with Gasteiger partial charge in [-0.15, -0.1) is 0 Å². The summed E-state index contributed by atoms with van der Waals surface area (Å²) in [7, 11) is 0. The molecule has 1 amide bonds. The smallest absolute Gasteiger partial charge is 0.272 e. The van der Waals surface area contributed by atoms with Crippen LogP contribution < -0.4 is 5.32 Å². The highest BCUT2D eigenvalue weighted by Gasteiger charge is 2.16. The van der Waals surface area contributed by atoms with Crippen LogP contribution in [0, 0.1) is 0 Å². The van der Waals surface area contributed by atoms with Crippen LogP contribution in [0.25, 0.3) is 16.9 Å². The van der Waals surface area contributed by atoms with Gasteiger partial charge in [0.05, 0.1) is 11.4 Å². The van der Waals surface area contributed by atoms with Crippen LogP contribution in [-0.2, 0) is 6.54 Å². The van der Waals surface area contributed by atoms with Crippen molar-refractivity contribution in [3.8, 4) is 16.9 Å². The number of pyridine rings is 1. The fourth-order valence-corrected chi connectivity index (χ4v) is 2.99. The largest absolute Gasteiger partial charge is 0.347 e. The van der Waals surface area contributed by atoms with Gasteiger partial charge in [-0.05, 0) is 48.0 Å². The van der Waals surface area contributed by atoms with Crippen molar-refractivity contribution in [2.45, 2.75) is 6.54 Å². The molecular formula is C22H17ClN4O. The van der Waals surface area contributed by atoms with E-state index in [1.165, 1.54) is 0 Å². The van der Waals surface area contributed by atoms with Crippen molar-refractivity contribution in [2.24, 2.45) is 0 Å². The third kappa shape index (κ3) is 3.94. The SMILES string of the molecule is O=C(NCc1ccc(Cl)cc1)c1cc(-c2ccncc2)n(-c2ccccc2)n1. The molecule has 4 rings (SSSR count). The molecule has 0 saturated carbocycles. The maximum Gasteiger partial charge on any atom is 0.272 e. The number of amides is 1. The summed E-state index contributed by atoms with van der Waals surface area (Å²) in [4.78, 5) is 16.8. The van der Waals surface area contributed by atoms with Crippen molar-refractivity contribution in [1.82, 2.24) is 20.1 Å². The first kappa shape index (κ1) is 17.9. The average molecular weight is 389 g/mol. The van der Waals surface area contributed by atoms with E-state index < -0.39 is 0 Å². The molecule has 28 heavy (non-hydrogen) atoms. The highest BCUT2D eigenvalue weighted by atomic mass is 35.5. The molecule has 0 aliphatic heterocycles. The molecule has 0 fully saturated rings. The summed E-state index contributed by atoms with van der Waals surface area (Å²) < 4.78 is 1.77. The molecule has 4 aromatic rings. The van der Waals surface area contributed by atoms with Crippen LogP contribution in [0.3, 0.4) is 0 Å². The molecule has 0 unspecified atom stereocenters. The van der Waals surface area contributed by atoms with Gasteiger partial charge in [0.25, 0.3) is 5.91 Å². The number of aromatic nitrogens is 3. The number of carbonyl (C=O) groups is 1. The zero-order valence-electron chi connectivity index (χ0n) is 14.9. The van der Waals surface area contributed by atoms with Crippen LogP contribution in [-0.4, -0.2) is 20.7 Å². The molecule has 2 heterocycles. The Kier molecular flexibility index (Phi) is 5.17. The zero-order valence-corrected chi connectivity index (χ0v) is 15.7. The number of hydrogen-bond donors (Lipinski definition) is 1. The molecule has 0 spiro atoms. The van der Waals surface area contributed by atoms with E-state index >= 15 is 0 Å². The highest BCUT2D eigenvalue weighted by Crippen LogP contribution is 2.23. The van der Waals surface area contributed by atoms with Crippen LogP contribution in [0.15, 0.2) is 85.2 Å². The van der Waals surface area contributed by atoms with Gasteiger partial charge in [-0.2, -0.15) is 5.10 Å². The van der Waals surface area contributed by atoms with Gasteiger partial charge < -0.3 is 5.32 Å². The summed E-state index contributed by atoms with van der Waals surface area (Å²) in [6, 6.07) is 22.7. The zero-order chi connectivity index (χ0) is 19.3. The predicted molar refractivity (Wildman–Crippen MR) is 109 cm³/mol. The number of halogens is 1. The average Bonchev–Trinajstić information content (AvgIpc) is 3.20. The Hall–Kier alpha value is -3.44. The molecule has 0 aliphatic rings. The Bertz CT molecular complexity index is 1020. The lowest BCUT2D eigenvalue weighted by molar-refractivity contribution is 0.0945. The monoisotopic (exact) mass is 388 g/mol. The van der Waals surface area contributed by atoms with E-state index in [4.69, 9.17) is 11.6 Å². The predicted octanol–water partition coefficient (Wildman–Crippen LogP) is 4.52. The molecule has 0 radical (unpaired) electrons. The summed E-state index contributed by atoms with van der Waals surface area (Å²) in [6.07, 6.45) is 3.44. The molecular weight excluding hydrogens is 372 g/mol. The normalized spacial score (nSPS) is 10.6. The van der Waals surface area contributed by atoms with Crippen LogP contribution in [0.2, 0.25) is 5.02 Å². The van der Waals surface area contributed by atoms with Gasteiger partial charge in [0.1, 0.15) is 0 Å². The number of nitrogens with zero attached hydrogens (tertiary/aromatic N) is 3. The van der Waals surface area contributed by atoms with E-state index in [1.54, 1.807) is 35.3 Å². The minimum Gasteiger partial charge on any atom is -0.347 e. The van der Waals surface area contributed by atoms with Gasteiger partial charge in [0.15, 0.2) is 5.69 Å². The van der Waals surface area contributed by atoms with Crippen LogP contribution in [0.1, 0.15) is 16.1 Å². The molecule has 0 atom stereocenters. The maximum atomic E-state index is 12.7. The summed E-state index contributed by atoms with van der Waals surface area (Å²) in [6.45, 7) is 0.402. The van der Waals surface area contributed by atoms with Crippen molar-refractivity contribution in [1.29, 1.82) is 0 Å². The topological polar surface area (TPSA) is 59.8 Å². The molecule has 2 aromatic heterocycles. The first-order valence-electron chi connectivity index (χ1n) is 8.79. The second-order valence-electron chi connectivity index (χ2n) is 6.21. The lowest BCUT2D eigenvalue weighted by atomic mass is 10.1. The molecule has 2 aromatic carbocycles. The first-order chi connectivity index (χ1) is 13.7. The van der Waals surface area contributed by atoms with Gasteiger partial charge in [-0.3, -0.25) is 9.78 Å². The summed E-state index contributed by atoms with van der Waals surface area (Å²) in [5.74, 6) is -0.236. The van der Waals surface area contributed by atoms with E-state index in [-0.39, 0.29) is 5.91 Å². The third-order valence-electron chi connectivity index (χ3n) is 4.29. The van der Waals surface area contributed by atoms with E-state index in [0.717, 1.165) is 22.5 Å². The van der Waals surface area contributed by atoms with Crippen LogP contribution >= 0.6 is 11.6 Å². The van der Waals surface area contributed by atoms with E-state index in [9.17, 15) is 4.79 Å². The fraction of sp³-hybridized carbons (Fsp3) is 0.0455. The fourth-order valence-electron chi connectivity index (χ4n) is 2.86. The van der Waals surface area contributed by atoms with Crippen molar-refractivity contribution >= 4 is 17.5 Å². The standard InChI is InChI=1S/C22H17ClN4O/c23-18-8-6-16(7-9-18)15-25-22(28)20-14-21(17-10-12-24-13-11-17)27(26-20)19-4-2-1-3-5-19/h1-14H,15H2,(H,25,28). The van der Waals surface area contributed by atoms with Gasteiger partial charge in [0, 0.05) is 29.5 Å². The number of rotatable bonds is 5. The number of benzene rings is 2. The molecule has 0 aliphatic carbocycles. The lowest BCUT2D eigenvalue weighted by Gasteiger charge is -2.07. The van der Waals surface area contributed by atoms with Gasteiger partial charge in [-0.25, -0.2) is 4.68 Å². The van der Waals surface area contributed by atoms with Crippen molar-refractivity contribution < 1.29 is 4.79 Å². The van der Waals surface area contributed by atoms with E-state index in [2.05, 4.69) is 15.4 Å². The van der Waals surface area contributed by atoms with Crippen molar-refractivity contribution in [3.05, 3.63) is 101 Å². The Balaban J connectivity index is 1.63. The number of hydrogen-bond acceptors (Lipinski definition) is 3. The second-order valence-corrected chi connectivity index (χ2v) is 6.64. The van der Waals surface area contributed by atoms with E-state index in [1.807, 2.05) is 54.6 Å². The highest BCUT2D eigenvalue weighted by molar-refractivity contribution is 6.30. The summed E-state index contributed by atoms with van der Waals surface area (Å²) >= 11 is 5.90. The third-order valence-corrected chi connectivity index (χ3v) is 4.54. The van der Waals surface area contributed by atoms with Gasteiger partial charge >= 0.3 is 0 Å². The molecule has 0 saturated heterocycles. The summed E-state index contributed by atoms with van der Waals surface area (Å²) in [5, 5.41) is 8.12. The van der Waals surface area contributed by atoms with Crippen molar-refractivity contribution in [3.63, 3.8) is 0 Å². The minimum atomic E-state index is -0.236. The number of carbonyl (C=O) groups excluding carboxylic acids is 1. The molecule has 138 valence electrons. The summed E-state index contributed by atoms with van der Waals surface area (Å²) in [5.41, 5.74) is 3.96. The second kappa shape index (κ2) is 8.06. The van der Waals surface area contributed by atoms with Gasteiger partial charge in [-0.1, -0.05) is 41.9 Å². The van der Waals surface area contributed by atoms with Crippen molar-refractivity contribution in [2.75, 3.05) is 0 Å². The molecule has 0 bridgehead atoms. The number of nitrogens with one attached hydrogen (secondary N) is 1. The Morgan fingerprint density at radius 1 is 0.964 bits per heavy atom. The number of para-hydroxylation sites is 1. The lowest BCUT2D eigenvalue weighted by Crippen LogP contribution is -2.23. The molecule has 5 nitrogen and oxygen atoms in total. The van der Waals surface area contributed by atoms with Crippen LogP contribution in [0.4, 0.5) is 0 Å². The maximum absolute atomic E-state index is 12.7. The Labute approximate surface area is 167 Å². The quantitative estimate of drug-likeness (QED) is 0.547. The van der Waals surface area contributed by atoms with Gasteiger partial charge in [0.2, 0.25) is 0 Å². The molecule has 1 N–H and O–H groups in total.